The van der Waals surface area contributed by atoms with Crippen molar-refractivity contribution in [3.8, 4) is 0 Å². The zero-order chi connectivity index (χ0) is 10.9. The number of ether oxygens (including phenoxy) is 1. The van der Waals surface area contributed by atoms with Crippen LogP contribution in [0.2, 0.25) is 0 Å². The van der Waals surface area contributed by atoms with Gasteiger partial charge < -0.3 is 14.7 Å². The molecule has 1 N–H and O–H groups in total. The van der Waals surface area contributed by atoms with Gasteiger partial charge >= 0.3 is 12.1 Å². The summed E-state index contributed by atoms with van der Waals surface area (Å²) in [6.07, 6.45) is -0.982. The molecule has 5 heteroatoms. The Balaban J connectivity index is 2.78. The molecule has 0 spiro atoms. The van der Waals surface area contributed by atoms with E-state index < -0.39 is 6.09 Å². The summed E-state index contributed by atoms with van der Waals surface area (Å²) in [6.45, 7) is 4.35. The van der Waals surface area contributed by atoms with Crippen LogP contribution < -0.4 is 0 Å². The second-order valence-corrected chi connectivity index (χ2v) is 4.23. The van der Waals surface area contributed by atoms with Crippen LogP contribution in [0.4, 0.5) is 4.79 Å². The Hall–Kier alpha value is -1.26. The Morgan fingerprint density at radius 2 is 2.07 bits per heavy atom. The number of esters is 1. The van der Waals surface area contributed by atoms with Gasteiger partial charge in [-0.1, -0.05) is 13.8 Å². The van der Waals surface area contributed by atoms with E-state index in [-0.39, 0.29) is 23.8 Å². The Kier molecular flexibility index (Phi) is 2.69. The molecule has 0 radical (unpaired) electrons. The van der Waals surface area contributed by atoms with Crippen LogP contribution in [-0.2, 0) is 9.53 Å². The molecule has 1 aliphatic heterocycles. The molecule has 0 aliphatic carbocycles. The third-order valence-corrected chi connectivity index (χ3v) is 2.70. The van der Waals surface area contributed by atoms with Gasteiger partial charge in [0.1, 0.15) is 0 Å². The highest BCUT2D eigenvalue weighted by Crippen LogP contribution is 2.35. The standard InChI is InChI=1S/C9H15NO4/c1-9(2)5-10(8(12)13)4-6(9)7(11)14-3/h6H,4-5H2,1-3H3,(H,12,13). The quantitative estimate of drug-likeness (QED) is 0.637. The first-order valence-electron chi connectivity index (χ1n) is 4.44. The molecule has 80 valence electrons. The molecule has 0 bridgehead atoms. The van der Waals surface area contributed by atoms with E-state index in [1.165, 1.54) is 12.0 Å². The van der Waals surface area contributed by atoms with Gasteiger partial charge in [0.05, 0.1) is 13.0 Å². The number of likely N-dealkylation sites (tertiary alicyclic amines) is 1. The summed E-state index contributed by atoms with van der Waals surface area (Å²) in [5.74, 6) is -0.692. The van der Waals surface area contributed by atoms with Crippen LogP contribution in [0.1, 0.15) is 13.8 Å². The molecule has 1 unspecified atom stereocenters. The van der Waals surface area contributed by atoms with Gasteiger partial charge in [-0.2, -0.15) is 0 Å². The van der Waals surface area contributed by atoms with Gasteiger partial charge in [0.15, 0.2) is 0 Å². The maximum absolute atomic E-state index is 11.4. The molecular formula is C9H15NO4. The van der Waals surface area contributed by atoms with E-state index in [1.807, 2.05) is 13.8 Å². The predicted molar refractivity (Wildman–Crippen MR) is 48.9 cm³/mol. The smallest absolute Gasteiger partial charge is 0.407 e. The van der Waals surface area contributed by atoms with Gasteiger partial charge in [-0.05, 0) is 5.41 Å². The Bertz CT molecular complexity index is 262. The SMILES string of the molecule is COC(=O)C1CN(C(=O)O)CC1(C)C. The average Bonchev–Trinajstić information content (AvgIpc) is 2.40. The summed E-state index contributed by atoms with van der Waals surface area (Å²) in [7, 11) is 1.32. The van der Waals surface area contributed by atoms with Crippen molar-refractivity contribution in [3.05, 3.63) is 0 Å². The van der Waals surface area contributed by atoms with E-state index in [0.717, 1.165) is 0 Å². The van der Waals surface area contributed by atoms with Crippen LogP contribution in [0.25, 0.3) is 0 Å². The van der Waals surface area contributed by atoms with Gasteiger partial charge in [0.2, 0.25) is 0 Å². The zero-order valence-electron chi connectivity index (χ0n) is 8.61. The minimum atomic E-state index is -0.982. The lowest BCUT2D eigenvalue weighted by atomic mass is 9.82. The van der Waals surface area contributed by atoms with Crippen molar-refractivity contribution in [3.63, 3.8) is 0 Å². The Labute approximate surface area is 82.6 Å². The lowest BCUT2D eigenvalue weighted by Crippen LogP contribution is -2.30. The van der Waals surface area contributed by atoms with Crippen molar-refractivity contribution in [1.29, 1.82) is 0 Å². The van der Waals surface area contributed by atoms with Gasteiger partial charge in [0, 0.05) is 13.1 Å². The summed E-state index contributed by atoms with van der Waals surface area (Å²) in [5.41, 5.74) is -0.342. The summed E-state index contributed by atoms with van der Waals surface area (Å²) in [6, 6.07) is 0. The normalized spacial score (nSPS) is 24.8. The molecule has 0 aromatic rings. The van der Waals surface area contributed by atoms with Crippen molar-refractivity contribution < 1.29 is 19.4 Å². The second-order valence-electron chi connectivity index (χ2n) is 4.23. The van der Waals surface area contributed by atoms with Crippen molar-refractivity contribution in [2.75, 3.05) is 20.2 Å². The lowest BCUT2D eigenvalue weighted by molar-refractivity contribution is -0.147. The fourth-order valence-corrected chi connectivity index (χ4v) is 1.82. The second kappa shape index (κ2) is 3.48. The number of carboxylic acid groups (broad SMARTS) is 1. The van der Waals surface area contributed by atoms with Crippen molar-refractivity contribution in [1.82, 2.24) is 4.90 Å². The number of rotatable bonds is 1. The monoisotopic (exact) mass is 201 g/mol. The first kappa shape index (κ1) is 10.8. The highest BCUT2D eigenvalue weighted by atomic mass is 16.5. The van der Waals surface area contributed by atoms with Crippen molar-refractivity contribution >= 4 is 12.1 Å². The maximum Gasteiger partial charge on any atom is 0.407 e. The van der Waals surface area contributed by atoms with E-state index in [1.54, 1.807) is 0 Å². The first-order valence-corrected chi connectivity index (χ1v) is 4.44. The highest BCUT2D eigenvalue weighted by molar-refractivity contribution is 5.76. The maximum atomic E-state index is 11.4. The van der Waals surface area contributed by atoms with Crippen LogP contribution in [0.5, 0.6) is 0 Å². The van der Waals surface area contributed by atoms with Gasteiger partial charge in [-0.3, -0.25) is 4.79 Å². The van der Waals surface area contributed by atoms with E-state index in [2.05, 4.69) is 4.74 Å². The number of carbonyl (C=O) groups excluding carboxylic acids is 1. The van der Waals surface area contributed by atoms with Gasteiger partial charge in [-0.25, -0.2) is 4.79 Å². The summed E-state index contributed by atoms with van der Waals surface area (Å²) in [4.78, 5) is 23.3. The third-order valence-electron chi connectivity index (χ3n) is 2.70. The molecule has 5 nitrogen and oxygen atoms in total. The molecule has 1 amide bonds. The van der Waals surface area contributed by atoms with Crippen molar-refractivity contribution in [2.24, 2.45) is 11.3 Å². The number of hydrogen-bond donors (Lipinski definition) is 1. The molecular weight excluding hydrogens is 186 g/mol. The molecule has 0 saturated carbocycles. The molecule has 0 aromatic carbocycles. The summed E-state index contributed by atoms with van der Waals surface area (Å²) >= 11 is 0. The summed E-state index contributed by atoms with van der Waals surface area (Å²) in [5, 5.41) is 8.79. The minimum Gasteiger partial charge on any atom is -0.469 e. The molecule has 1 heterocycles. The predicted octanol–water partition coefficient (Wildman–Crippen LogP) is 0.795. The number of nitrogens with zero attached hydrogens (tertiary/aromatic N) is 1. The number of methoxy groups -OCH3 is 1. The fraction of sp³-hybridized carbons (Fsp3) is 0.778. The summed E-state index contributed by atoms with van der Waals surface area (Å²) < 4.78 is 4.64. The van der Waals surface area contributed by atoms with Crippen molar-refractivity contribution in [2.45, 2.75) is 13.8 Å². The number of amides is 1. The minimum absolute atomic E-state index is 0.231. The van der Waals surface area contributed by atoms with E-state index in [9.17, 15) is 9.59 Å². The van der Waals surface area contributed by atoms with Gasteiger partial charge in [0.25, 0.3) is 0 Å². The molecule has 1 atom stereocenters. The molecule has 1 fully saturated rings. The lowest BCUT2D eigenvalue weighted by Gasteiger charge is -2.22. The molecule has 1 saturated heterocycles. The Morgan fingerprint density at radius 1 is 1.50 bits per heavy atom. The third kappa shape index (κ3) is 1.81. The molecule has 1 aliphatic rings. The topological polar surface area (TPSA) is 66.8 Å². The van der Waals surface area contributed by atoms with Crippen LogP contribution in [-0.4, -0.2) is 42.3 Å². The van der Waals surface area contributed by atoms with Crippen LogP contribution >= 0.6 is 0 Å². The molecule has 0 aromatic heterocycles. The van der Waals surface area contributed by atoms with Crippen LogP contribution in [0.15, 0.2) is 0 Å². The molecule has 14 heavy (non-hydrogen) atoms. The van der Waals surface area contributed by atoms with Crippen LogP contribution in [0, 0.1) is 11.3 Å². The molecule has 1 rings (SSSR count). The largest absolute Gasteiger partial charge is 0.469 e. The van der Waals surface area contributed by atoms with E-state index in [0.29, 0.717) is 6.54 Å². The Morgan fingerprint density at radius 3 is 2.43 bits per heavy atom. The average molecular weight is 201 g/mol. The van der Waals surface area contributed by atoms with E-state index in [4.69, 9.17) is 5.11 Å². The fourth-order valence-electron chi connectivity index (χ4n) is 1.82. The first-order chi connectivity index (χ1) is 6.38. The number of hydrogen-bond acceptors (Lipinski definition) is 3. The zero-order valence-corrected chi connectivity index (χ0v) is 8.61. The number of carbonyl (C=O) groups is 2. The van der Waals surface area contributed by atoms with Crippen LogP contribution in [0.3, 0.4) is 0 Å². The highest BCUT2D eigenvalue weighted by Gasteiger charge is 2.45. The van der Waals surface area contributed by atoms with Gasteiger partial charge in [-0.15, -0.1) is 0 Å². The van der Waals surface area contributed by atoms with E-state index >= 15 is 0 Å².